The monoisotopic (exact) mass is 702 g/mol. The summed E-state index contributed by atoms with van der Waals surface area (Å²) in [6.07, 6.45) is 2.69. The number of aliphatic hydroxyl groups excluding tert-OH is 1. The number of hydrogen-bond acceptors (Lipinski definition) is 9. The van der Waals surface area contributed by atoms with Gasteiger partial charge in [-0.25, -0.2) is 4.39 Å². The summed E-state index contributed by atoms with van der Waals surface area (Å²) < 4.78 is 43.5. The number of carbonyl (C=O) groups excluding carboxylic acids is 1. The number of aromatic nitrogens is 1. The maximum atomic E-state index is 15.7. The molecule has 3 aromatic carbocycles. The summed E-state index contributed by atoms with van der Waals surface area (Å²) in [5.74, 6) is 0.427. The van der Waals surface area contributed by atoms with Crippen LogP contribution < -0.4 is 19.5 Å². The number of ether oxygens (including phenoxy) is 5. The number of halogens is 2. The standard InChI is InChI=1S/C38H37ClFN3O7/c1-21(2)49-38(45)36(22(3)44)43-19-25-14-30(39)34(15-33(25)48-20-24-13-23(16-41)17-42-18-24)50-31-9-7-27-26(5-4-6-28(27)31)29-8-10-32-37(35(29)40)47-12-11-46-32/h4-6,8,10,13-15,17-18,21-22,31,36,43-44H,7,9,11-12,19-20H2,1-3H3/p+1/t22-,31?,36+/m1/s1. The van der Waals surface area contributed by atoms with E-state index in [2.05, 4.69) is 16.4 Å². The zero-order valence-corrected chi connectivity index (χ0v) is 28.7. The van der Waals surface area contributed by atoms with Crippen molar-refractivity contribution in [2.24, 2.45) is 0 Å². The van der Waals surface area contributed by atoms with Crippen LogP contribution in [0.4, 0.5) is 4.39 Å². The Bertz CT molecular complexity index is 1930. The number of nitrogens with zero attached hydrogens (tertiary/aromatic N) is 2. The number of aromatic hydroxyl groups is 1. The average molecular weight is 703 g/mol. The van der Waals surface area contributed by atoms with Gasteiger partial charge in [-0.2, -0.15) is 5.26 Å². The molecule has 4 aromatic rings. The molecule has 0 amide bonds. The van der Waals surface area contributed by atoms with Gasteiger partial charge in [0.15, 0.2) is 17.3 Å². The van der Waals surface area contributed by atoms with Crippen LogP contribution in [-0.4, -0.2) is 52.3 Å². The van der Waals surface area contributed by atoms with Gasteiger partial charge in [0.25, 0.3) is 5.75 Å². The van der Waals surface area contributed by atoms with Gasteiger partial charge in [0, 0.05) is 24.5 Å². The van der Waals surface area contributed by atoms with Crippen LogP contribution in [0.5, 0.6) is 23.0 Å². The van der Waals surface area contributed by atoms with E-state index in [1.165, 1.54) is 13.1 Å². The van der Waals surface area contributed by atoms with Crippen LogP contribution in [0.25, 0.3) is 11.1 Å². The highest BCUT2D eigenvalue weighted by atomic mass is 35.5. The maximum Gasteiger partial charge on any atom is 0.326 e. The van der Waals surface area contributed by atoms with Gasteiger partial charge < -0.3 is 28.8 Å². The van der Waals surface area contributed by atoms with E-state index in [1.54, 1.807) is 50.4 Å². The lowest BCUT2D eigenvalue weighted by Gasteiger charge is -2.22. The third-order valence-corrected chi connectivity index (χ3v) is 8.81. The number of pyridine rings is 1. The lowest BCUT2D eigenvalue weighted by molar-refractivity contribution is -0.152. The summed E-state index contributed by atoms with van der Waals surface area (Å²) in [4.78, 5) is 16.8. The number of carbonyl (C=O) groups is 1. The van der Waals surface area contributed by atoms with E-state index in [9.17, 15) is 15.2 Å². The van der Waals surface area contributed by atoms with Crippen molar-refractivity contribution >= 4 is 17.6 Å². The molecular weight excluding hydrogens is 665 g/mol. The third-order valence-electron chi connectivity index (χ3n) is 8.51. The second kappa shape index (κ2) is 15.3. The van der Waals surface area contributed by atoms with Crippen molar-refractivity contribution in [3.8, 4) is 40.2 Å². The highest BCUT2D eigenvalue weighted by Gasteiger charge is 2.31. The summed E-state index contributed by atoms with van der Waals surface area (Å²) in [5, 5.41) is 23.1. The molecule has 0 fully saturated rings. The van der Waals surface area contributed by atoms with Crippen LogP contribution in [0.2, 0.25) is 5.02 Å². The van der Waals surface area contributed by atoms with Gasteiger partial charge >= 0.3 is 5.97 Å². The van der Waals surface area contributed by atoms with E-state index in [0.29, 0.717) is 58.4 Å². The number of nitriles is 1. The molecule has 1 aliphatic heterocycles. The number of nitrogens with one attached hydrogen (secondary N) is 1. The number of esters is 1. The molecule has 0 radical (unpaired) electrons. The fourth-order valence-electron chi connectivity index (χ4n) is 6.19. The zero-order chi connectivity index (χ0) is 35.4. The van der Waals surface area contributed by atoms with E-state index in [-0.39, 0.29) is 37.7 Å². The molecule has 1 aliphatic carbocycles. The molecule has 260 valence electrons. The first-order valence-electron chi connectivity index (χ1n) is 16.5. The van der Waals surface area contributed by atoms with E-state index in [4.69, 9.17) is 35.3 Å². The molecule has 50 heavy (non-hydrogen) atoms. The Labute approximate surface area is 294 Å². The Balaban J connectivity index is 1.28. The molecule has 12 heteroatoms. The first-order chi connectivity index (χ1) is 24.1. The smallest absolute Gasteiger partial charge is 0.326 e. The Morgan fingerprint density at radius 1 is 1.16 bits per heavy atom. The Morgan fingerprint density at radius 2 is 1.98 bits per heavy atom. The molecule has 0 saturated heterocycles. The second-order valence-electron chi connectivity index (χ2n) is 12.5. The zero-order valence-electron chi connectivity index (χ0n) is 27.9. The third kappa shape index (κ3) is 7.63. The lowest BCUT2D eigenvalue weighted by Crippen LogP contribution is -2.46. The fraction of sp³-hybridized carbons (Fsp3) is 0.342. The van der Waals surface area contributed by atoms with E-state index >= 15 is 4.39 Å². The van der Waals surface area contributed by atoms with Crippen molar-refractivity contribution in [3.05, 3.63) is 99.6 Å². The molecular formula is C38H38ClFN3O7+. The van der Waals surface area contributed by atoms with Crippen LogP contribution in [0, 0.1) is 17.1 Å². The molecule has 0 saturated carbocycles. The van der Waals surface area contributed by atoms with E-state index < -0.39 is 23.9 Å². The molecule has 0 bridgehead atoms. The number of aliphatic hydroxyl groups is 2. The maximum absolute atomic E-state index is 15.7. The minimum absolute atomic E-state index is 0.126. The highest BCUT2D eigenvalue weighted by molar-refractivity contribution is 6.32. The average Bonchev–Trinajstić information content (AvgIpc) is 3.51. The van der Waals surface area contributed by atoms with Crippen LogP contribution in [0.1, 0.15) is 61.1 Å². The normalized spacial score (nSPS) is 15.9. The van der Waals surface area contributed by atoms with Gasteiger partial charge in [-0.3, -0.25) is 15.1 Å². The predicted octanol–water partition coefficient (Wildman–Crippen LogP) is 6.48. The van der Waals surface area contributed by atoms with Gasteiger partial charge in [-0.15, -0.1) is 0 Å². The number of fused-ring (bicyclic) bond motifs is 2. The van der Waals surface area contributed by atoms with Gasteiger partial charge in [0.2, 0.25) is 6.61 Å². The fourth-order valence-corrected chi connectivity index (χ4v) is 6.42. The largest absolute Gasteiger partial charge is 0.579 e. The minimum atomic E-state index is -1.03. The van der Waals surface area contributed by atoms with Crippen molar-refractivity contribution in [2.45, 2.75) is 71.1 Å². The van der Waals surface area contributed by atoms with Gasteiger partial charge in [-0.1, -0.05) is 29.8 Å². The number of hydrogen-bond donors (Lipinski definition) is 2. The quantitative estimate of drug-likeness (QED) is 0.126. The highest BCUT2D eigenvalue weighted by Crippen LogP contribution is 2.45. The predicted molar refractivity (Wildman–Crippen MR) is 184 cm³/mol. The van der Waals surface area contributed by atoms with E-state index in [1.807, 2.05) is 18.2 Å². The number of benzene rings is 3. The molecule has 3 atom stereocenters. The summed E-state index contributed by atoms with van der Waals surface area (Å²) in [7, 11) is 0. The summed E-state index contributed by atoms with van der Waals surface area (Å²) in [6.45, 7) is 6.00. The summed E-state index contributed by atoms with van der Waals surface area (Å²) in [5.41, 5.74) is 4.91. The SMILES string of the molecule is CC(C)OC(=O)[C@@H](NCc1cc(Cl)c(OC2CCc3c(-c4ccc5c(c4F)OCCO5)cccc32)cc1[OH+]Cc1cncc(C#N)c1)[C@@H](C)O. The molecule has 3 N–H and O–H groups in total. The van der Waals surface area contributed by atoms with Crippen molar-refractivity contribution < 1.29 is 38.0 Å². The lowest BCUT2D eigenvalue weighted by atomic mass is 9.96. The van der Waals surface area contributed by atoms with Crippen molar-refractivity contribution in [1.29, 1.82) is 5.26 Å². The van der Waals surface area contributed by atoms with Gasteiger partial charge in [-0.05, 0) is 74.6 Å². The minimum Gasteiger partial charge on any atom is -0.579 e. The Hall–Kier alpha value is -4.89. The van der Waals surface area contributed by atoms with Crippen molar-refractivity contribution in [2.75, 3.05) is 13.2 Å². The summed E-state index contributed by atoms with van der Waals surface area (Å²) in [6, 6.07) is 15.5. The Morgan fingerprint density at radius 3 is 2.76 bits per heavy atom. The van der Waals surface area contributed by atoms with Crippen LogP contribution in [0.15, 0.2) is 60.9 Å². The van der Waals surface area contributed by atoms with Gasteiger partial charge in [0.1, 0.15) is 37.2 Å². The van der Waals surface area contributed by atoms with E-state index in [0.717, 1.165) is 22.3 Å². The molecule has 10 nitrogen and oxygen atoms in total. The first kappa shape index (κ1) is 35.0. The van der Waals surface area contributed by atoms with Crippen LogP contribution >= 0.6 is 11.6 Å². The van der Waals surface area contributed by atoms with Crippen LogP contribution in [-0.2, 0) is 29.1 Å². The topological polar surface area (TPSA) is 136 Å². The summed E-state index contributed by atoms with van der Waals surface area (Å²) >= 11 is 6.83. The Kier molecular flexibility index (Phi) is 10.7. The molecule has 2 aliphatic rings. The molecule has 0 spiro atoms. The molecule has 2 heterocycles. The molecule has 1 aromatic heterocycles. The first-order valence-corrected chi connectivity index (χ1v) is 16.8. The van der Waals surface area contributed by atoms with Crippen molar-refractivity contribution in [3.63, 3.8) is 0 Å². The van der Waals surface area contributed by atoms with Crippen LogP contribution in [0.3, 0.4) is 0 Å². The molecule has 6 rings (SSSR count). The van der Waals surface area contributed by atoms with Crippen molar-refractivity contribution in [1.82, 2.24) is 10.3 Å². The van der Waals surface area contributed by atoms with Gasteiger partial charge in [0.05, 0.1) is 40.0 Å². The number of rotatable bonds is 12. The molecule has 1 unspecified atom stereocenters. The second-order valence-corrected chi connectivity index (χ2v) is 12.9.